The molecule has 0 atom stereocenters. The topological polar surface area (TPSA) is 42.2 Å². The van der Waals surface area contributed by atoms with Crippen molar-refractivity contribution in [2.75, 3.05) is 0 Å². The molecule has 0 aliphatic carbocycles. The number of thiophene rings is 1. The van der Waals surface area contributed by atoms with Crippen LogP contribution in [0.4, 0.5) is 0 Å². The first-order chi connectivity index (χ1) is 9.25. The summed E-state index contributed by atoms with van der Waals surface area (Å²) in [7, 11) is 0. The second kappa shape index (κ2) is 4.74. The molecule has 0 saturated carbocycles. The molecule has 1 N–H and O–H groups in total. The predicted octanol–water partition coefficient (Wildman–Crippen LogP) is 3.90. The number of hydrogen-bond acceptors (Lipinski definition) is 2. The zero-order valence-corrected chi connectivity index (χ0v) is 10.8. The molecular weight excluding hydrogens is 258 g/mol. The smallest absolute Gasteiger partial charge is 0.338 e. The molecule has 0 spiro atoms. The van der Waals surface area contributed by atoms with Gasteiger partial charge in [0.25, 0.3) is 0 Å². The zero-order valence-electron chi connectivity index (χ0n) is 9.98. The normalized spacial score (nSPS) is 10.5. The van der Waals surface area contributed by atoms with Crippen molar-refractivity contribution in [1.29, 1.82) is 0 Å². The van der Waals surface area contributed by atoms with E-state index in [4.69, 9.17) is 0 Å². The lowest BCUT2D eigenvalue weighted by atomic mass is 10.1. The molecule has 0 aliphatic heterocycles. The highest BCUT2D eigenvalue weighted by atomic mass is 32.1. The largest absolute Gasteiger partial charge is 0.478 e. The standard InChI is InChI=1S/C15H11NO2S/c17-15(18)12-10-13(11-6-2-1-3-7-11)19-14(12)16-8-4-5-9-16/h1-10H,(H,17,18). The maximum atomic E-state index is 11.4. The average Bonchev–Trinajstić information content (AvgIpc) is 3.08. The molecule has 0 radical (unpaired) electrons. The van der Waals surface area contributed by atoms with Gasteiger partial charge < -0.3 is 9.67 Å². The van der Waals surface area contributed by atoms with Crippen LogP contribution in [0.3, 0.4) is 0 Å². The van der Waals surface area contributed by atoms with Crippen molar-refractivity contribution in [3.8, 4) is 15.4 Å². The number of carboxylic acid groups (broad SMARTS) is 1. The van der Waals surface area contributed by atoms with Crippen LogP contribution in [0, 0.1) is 0 Å². The summed E-state index contributed by atoms with van der Waals surface area (Å²) in [5, 5.41) is 10.1. The van der Waals surface area contributed by atoms with Gasteiger partial charge in [-0.15, -0.1) is 11.3 Å². The third kappa shape index (κ3) is 2.18. The van der Waals surface area contributed by atoms with Crippen molar-refractivity contribution >= 4 is 17.3 Å². The van der Waals surface area contributed by atoms with Crippen LogP contribution >= 0.6 is 11.3 Å². The van der Waals surface area contributed by atoms with E-state index in [1.165, 1.54) is 11.3 Å². The molecule has 2 aromatic heterocycles. The van der Waals surface area contributed by atoms with Gasteiger partial charge in [0.2, 0.25) is 0 Å². The first-order valence-corrected chi connectivity index (χ1v) is 6.63. The Hall–Kier alpha value is -2.33. The molecule has 3 rings (SSSR count). The summed E-state index contributed by atoms with van der Waals surface area (Å²) in [6, 6.07) is 15.3. The van der Waals surface area contributed by atoms with E-state index in [1.807, 2.05) is 59.4 Å². The minimum atomic E-state index is -0.901. The van der Waals surface area contributed by atoms with Gasteiger partial charge in [0.15, 0.2) is 0 Å². The Morgan fingerprint density at radius 2 is 1.74 bits per heavy atom. The molecule has 94 valence electrons. The number of hydrogen-bond donors (Lipinski definition) is 1. The van der Waals surface area contributed by atoms with Crippen molar-refractivity contribution in [3.05, 3.63) is 66.5 Å². The fourth-order valence-electron chi connectivity index (χ4n) is 1.94. The molecule has 3 aromatic rings. The lowest BCUT2D eigenvalue weighted by Crippen LogP contribution is -1.99. The molecule has 1 aromatic carbocycles. The molecule has 4 heteroatoms. The molecular formula is C15H11NO2S. The summed E-state index contributed by atoms with van der Waals surface area (Å²) in [5.74, 6) is -0.901. The summed E-state index contributed by atoms with van der Waals surface area (Å²) in [6.45, 7) is 0. The predicted molar refractivity (Wildman–Crippen MR) is 76.0 cm³/mol. The lowest BCUT2D eigenvalue weighted by molar-refractivity contribution is 0.0697. The van der Waals surface area contributed by atoms with Gasteiger partial charge in [-0.2, -0.15) is 0 Å². The molecule has 3 nitrogen and oxygen atoms in total. The number of rotatable bonds is 3. The Labute approximate surface area is 114 Å². The van der Waals surface area contributed by atoms with Gasteiger partial charge in [0, 0.05) is 17.3 Å². The fourth-order valence-corrected chi connectivity index (χ4v) is 3.06. The highest BCUT2D eigenvalue weighted by Gasteiger charge is 2.16. The van der Waals surface area contributed by atoms with Crippen molar-refractivity contribution < 1.29 is 9.90 Å². The third-order valence-electron chi connectivity index (χ3n) is 2.84. The van der Waals surface area contributed by atoms with Crippen LogP contribution in [0.1, 0.15) is 10.4 Å². The quantitative estimate of drug-likeness (QED) is 0.783. The molecule has 0 unspecified atom stereocenters. The maximum absolute atomic E-state index is 11.4. The summed E-state index contributed by atoms with van der Waals surface area (Å²) < 4.78 is 1.83. The van der Waals surface area contributed by atoms with Crippen molar-refractivity contribution in [1.82, 2.24) is 4.57 Å². The van der Waals surface area contributed by atoms with Crippen molar-refractivity contribution in [3.63, 3.8) is 0 Å². The van der Waals surface area contributed by atoms with E-state index in [-0.39, 0.29) is 0 Å². The van der Waals surface area contributed by atoms with Crippen LogP contribution in [0.15, 0.2) is 60.9 Å². The van der Waals surface area contributed by atoms with Gasteiger partial charge in [0.05, 0.1) is 5.56 Å². The minimum Gasteiger partial charge on any atom is -0.478 e. The molecule has 0 aliphatic rings. The summed E-state index contributed by atoms with van der Waals surface area (Å²) >= 11 is 1.48. The number of carboxylic acids is 1. The Kier molecular flexibility index (Phi) is 2.93. The Morgan fingerprint density at radius 1 is 1.05 bits per heavy atom. The number of carbonyl (C=O) groups is 1. The zero-order chi connectivity index (χ0) is 13.2. The summed E-state index contributed by atoms with van der Waals surface area (Å²) in [4.78, 5) is 12.3. The van der Waals surface area contributed by atoms with Crippen LogP contribution in [0.5, 0.6) is 0 Å². The van der Waals surface area contributed by atoms with E-state index < -0.39 is 5.97 Å². The van der Waals surface area contributed by atoms with Gasteiger partial charge in [-0.05, 0) is 23.8 Å². The van der Waals surface area contributed by atoms with Gasteiger partial charge in [-0.3, -0.25) is 0 Å². The number of aromatic nitrogens is 1. The highest BCUT2D eigenvalue weighted by Crippen LogP contribution is 2.34. The fraction of sp³-hybridized carbons (Fsp3) is 0. The average molecular weight is 269 g/mol. The Morgan fingerprint density at radius 3 is 2.37 bits per heavy atom. The third-order valence-corrected chi connectivity index (χ3v) is 4.04. The van der Waals surface area contributed by atoms with E-state index in [9.17, 15) is 9.90 Å². The van der Waals surface area contributed by atoms with Crippen LogP contribution in [-0.2, 0) is 0 Å². The van der Waals surface area contributed by atoms with Gasteiger partial charge in [0.1, 0.15) is 5.00 Å². The molecule has 19 heavy (non-hydrogen) atoms. The first kappa shape index (κ1) is 11.7. The van der Waals surface area contributed by atoms with Crippen molar-refractivity contribution in [2.24, 2.45) is 0 Å². The van der Waals surface area contributed by atoms with Gasteiger partial charge in [-0.1, -0.05) is 30.3 Å². The van der Waals surface area contributed by atoms with Crippen LogP contribution in [0.25, 0.3) is 15.4 Å². The van der Waals surface area contributed by atoms with Crippen LogP contribution in [0.2, 0.25) is 0 Å². The van der Waals surface area contributed by atoms with Gasteiger partial charge in [-0.25, -0.2) is 4.79 Å². The molecule has 0 amide bonds. The number of aromatic carboxylic acids is 1. The van der Waals surface area contributed by atoms with E-state index in [2.05, 4.69) is 0 Å². The number of benzene rings is 1. The summed E-state index contributed by atoms with van der Waals surface area (Å²) in [5.41, 5.74) is 1.37. The van der Waals surface area contributed by atoms with E-state index in [1.54, 1.807) is 6.07 Å². The highest BCUT2D eigenvalue weighted by molar-refractivity contribution is 7.18. The summed E-state index contributed by atoms with van der Waals surface area (Å²) in [6.07, 6.45) is 3.71. The minimum absolute atomic E-state index is 0.333. The van der Waals surface area contributed by atoms with Crippen LogP contribution < -0.4 is 0 Å². The molecule has 2 heterocycles. The van der Waals surface area contributed by atoms with Crippen molar-refractivity contribution in [2.45, 2.75) is 0 Å². The van der Waals surface area contributed by atoms with E-state index in [0.29, 0.717) is 5.56 Å². The second-order valence-corrected chi connectivity index (χ2v) is 5.12. The Bertz CT molecular complexity index is 699. The Balaban J connectivity index is 2.15. The van der Waals surface area contributed by atoms with E-state index >= 15 is 0 Å². The lowest BCUT2D eigenvalue weighted by Gasteiger charge is -1.99. The molecule has 0 fully saturated rings. The second-order valence-electron chi connectivity index (χ2n) is 4.09. The SMILES string of the molecule is O=C(O)c1cc(-c2ccccc2)sc1-n1cccc1. The maximum Gasteiger partial charge on any atom is 0.338 e. The number of nitrogens with zero attached hydrogens (tertiary/aromatic N) is 1. The van der Waals surface area contributed by atoms with Crippen LogP contribution in [-0.4, -0.2) is 15.6 Å². The first-order valence-electron chi connectivity index (χ1n) is 5.81. The van der Waals surface area contributed by atoms with Gasteiger partial charge >= 0.3 is 5.97 Å². The monoisotopic (exact) mass is 269 g/mol. The molecule has 0 bridgehead atoms. The van der Waals surface area contributed by atoms with E-state index in [0.717, 1.165) is 15.4 Å². The molecule has 0 saturated heterocycles.